The first-order valence-electron chi connectivity index (χ1n) is 9.13. The van der Waals surface area contributed by atoms with Gasteiger partial charge in [0.2, 0.25) is 0 Å². The van der Waals surface area contributed by atoms with Crippen LogP contribution in [0.4, 0.5) is 27.6 Å². The van der Waals surface area contributed by atoms with Gasteiger partial charge in [-0.25, -0.2) is 9.78 Å². The molecule has 0 fully saturated rings. The van der Waals surface area contributed by atoms with Crippen LogP contribution in [0.15, 0.2) is 41.8 Å². The number of carbonyl (C=O) groups excluding carboxylic acids is 1. The Kier molecular flexibility index (Phi) is 6.75. The summed E-state index contributed by atoms with van der Waals surface area (Å²) in [6.07, 6.45) is -5.74. The molecule has 0 saturated heterocycles. The van der Waals surface area contributed by atoms with Gasteiger partial charge in [-0.05, 0) is 36.2 Å². The number of aromatic nitrogens is 1. The molecule has 1 amide bonds. The van der Waals surface area contributed by atoms with Gasteiger partial charge in [0.1, 0.15) is 5.69 Å². The number of nitrogens with zero attached hydrogens (tertiary/aromatic N) is 1. The minimum absolute atomic E-state index is 0.00134. The van der Waals surface area contributed by atoms with Crippen LogP contribution in [0.5, 0.6) is 0 Å². The molecular formula is C21H14ClF5N2O3S. The molecule has 0 aliphatic rings. The maximum absolute atomic E-state index is 13.4. The van der Waals surface area contributed by atoms with Gasteiger partial charge in [0.05, 0.1) is 21.2 Å². The Morgan fingerprint density at radius 2 is 1.85 bits per heavy atom. The summed E-state index contributed by atoms with van der Waals surface area (Å²) in [6, 6.07) is 8.66. The Bertz CT molecular complexity index is 1230. The van der Waals surface area contributed by atoms with Crippen LogP contribution in [0.2, 0.25) is 5.02 Å². The lowest BCUT2D eigenvalue weighted by Gasteiger charge is -2.16. The number of alkyl halides is 5. The van der Waals surface area contributed by atoms with E-state index in [-0.39, 0.29) is 27.6 Å². The Balaban J connectivity index is 1.78. The highest BCUT2D eigenvalue weighted by Gasteiger charge is 2.60. The second-order valence-corrected chi connectivity index (χ2v) is 8.30. The molecule has 0 atom stereocenters. The first-order chi connectivity index (χ1) is 15.3. The number of carbonyl (C=O) groups is 2. The van der Waals surface area contributed by atoms with Gasteiger partial charge < -0.3 is 10.4 Å². The van der Waals surface area contributed by atoms with E-state index in [1.165, 1.54) is 30.3 Å². The number of benzene rings is 2. The summed E-state index contributed by atoms with van der Waals surface area (Å²) in [7, 11) is 0. The number of aryl methyl sites for hydroxylation is 1. The van der Waals surface area contributed by atoms with Crippen molar-refractivity contribution in [1.82, 2.24) is 4.98 Å². The monoisotopic (exact) mass is 504 g/mol. The van der Waals surface area contributed by atoms with Crippen molar-refractivity contribution < 1.29 is 36.6 Å². The predicted octanol–water partition coefficient (Wildman–Crippen LogP) is 6.30. The molecule has 3 rings (SSSR count). The van der Waals surface area contributed by atoms with Gasteiger partial charge in [-0.1, -0.05) is 29.8 Å². The smallest absolute Gasteiger partial charge is 0.459 e. The van der Waals surface area contributed by atoms with Gasteiger partial charge in [0, 0.05) is 17.5 Å². The topological polar surface area (TPSA) is 79.3 Å². The van der Waals surface area contributed by atoms with Crippen LogP contribution in [0.25, 0.3) is 0 Å². The molecule has 1 heterocycles. The number of carboxylic acid groups (broad SMARTS) is 1. The lowest BCUT2D eigenvalue weighted by atomic mass is 10.0. The molecule has 0 radical (unpaired) electrons. The molecule has 2 aromatic carbocycles. The maximum Gasteiger partial charge on any atom is 0.459 e. The standard InChI is InChI=1S/C21H14ClF5N2O3S/c1-10-7-11(8-16-29-15(9-33-16)20(23,24)21(25,26)27)5-6-14(10)28-18(30)17-12(19(31)32)3-2-4-13(17)22/h2-7,9H,8H2,1H3,(H,28,30)(H,31,32). The quantitative estimate of drug-likeness (QED) is 0.386. The minimum atomic E-state index is -5.74. The highest BCUT2D eigenvalue weighted by atomic mass is 35.5. The van der Waals surface area contributed by atoms with Crippen molar-refractivity contribution >= 4 is 40.5 Å². The third kappa shape index (κ3) is 5.14. The molecule has 12 heteroatoms. The van der Waals surface area contributed by atoms with Crippen molar-refractivity contribution in [2.75, 3.05) is 5.32 Å². The number of thiazole rings is 1. The number of rotatable bonds is 6. The Labute approximate surface area is 192 Å². The van der Waals surface area contributed by atoms with E-state index >= 15 is 0 Å². The van der Waals surface area contributed by atoms with Crippen LogP contribution in [-0.2, 0) is 12.3 Å². The van der Waals surface area contributed by atoms with Crippen molar-refractivity contribution in [1.29, 1.82) is 0 Å². The fourth-order valence-corrected chi connectivity index (χ4v) is 4.06. The van der Waals surface area contributed by atoms with Gasteiger partial charge in [-0.2, -0.15) is 22.0 Å². The molecule has 3 aromatic rings. The van der Waals surface area contributed by atoms with Crippen LogP contribution in [-0.4, -0.2) is 28.1 Å². The van der Waals surface area contributed by atoms with E-state index < -0.39 is 29.7 Å². The molecule has 0 spiro atoms. The largest absolute Gasteiger partial charge is 0.478 e. The molecule has 2 N–H and O–H groups in total. The fraction of sp³-hybridized carbons (Fsp3) is 0.190. The summed E-state index contributed by atoms with van der Waals surface area (Å²) in [5, 5.41) is 12.5. The molecule has 174 valence electrons. The molecule has 0 saturated carbocycles. The molecule has 33 heavy (non-hydrogen) atoms. The van der Waals surface area contributed by atoms with E-state index in [0.29, 0.717) is 33.5 Å². The maximum atomic E-state index is 13.4. The van der Waals surface area contributed by atoms with Crippen molar-refractivity contribution in [3.8, 4) is 0 Å². The zero-order valence-corrected chi connectivity index (χ0v) is 18.2. The van der Waals surface area contributed by atoms with Crippen molar-refractivity contribution in [2.45, 2.75) is 25.4 Å². The second-order valence-electron chi connectivity index (χ2n) is 6.95. The Morgan fingerprint density at radius 1 is 1.15 bits per heavy atom. The van der Waals surface area contributed by atoms with Crippen LogP contribution in [0.3, 0.4) is 0 Å². The SMILES string of the molecule is Cc1cc(Cc2nc(C(F)(F)C(F)(F)F)cs2)ccc1NC(=O)c1c(Cl)cccc1C(=O)O. The summed E-state index contributed by atoms with van der Waals surface area (Å²) >= 11 is 6.68. The third-order valence-corrected chi connectivity index (χ3v) is 5.76. The van der Waals surface area contributed by atoms with E-state index in [0.717, 1.165) is 0 Å². The van der Waals surface area contributed by atoms with Crippen molar-refractivity contribution in [3.63, 3.8) is 0 Å². The Hall–Kier alpha value is -3.05. The Morgan fingerprint density at radius 3 is 2.45 bits per heavy atom. The number of halogens is 6. The number of anilines is 1. The molecule has 0 unspecified atom stereocenters. The highest BCUT2D eigenvalue weighted by Crippen LogP contribution is 2.44. The second kappa shape index (κ2) is 9.06. The van der Waals surface area contributed by atoms with E-state index in [2.05, 4.69) is 10.3 Å². The van der Waals surface area contributed by atoms with Crippen LogP contribution in [0, 0.1) is 6.92 Å². The predicted molar refractivity (Wildman–Crippen MR) is 112 cm³/mol. The first kappa shape index (κ1) is 24.6. The van der Waals surface area contributed by atoms with Gasteiger partial charge >= 0.3 is 18.1 Å². The molecule has 0 bridgehead atoms. The van der Waals surface area contributed by atoms with Crippen LogP contribution >= 0.6 is 22.9 Å². The number of carboxylic acids is 1. The molecule has 0 aliphatic carbocycles. The summed E-state index contributed by atoms with van der Waals surface area (Å²) in [4.78, 5) is 27.4. The summed E-state index contributed by atoms with van der Waals surface area (Å²) in [6.45, 7) is 1.63. The lowest BCUT2D eigenvalue weighted by molar-refractivity contribution is -0.290. The van der Waals surface area contributed by atoms with E-state index in [1.54, 1.807) is 13.0 Å². The van der Waals surface area contributed by atoms with Crippen LogP contribution in [0.1, 0.15) is 42.5 Å². The average molecular weight is 505 g/mol. The molecule has 5 nitrogen and oxygen atoms in total. The van der Waals surface area contributed by atoms with Crippen molar-refractivity contribution in [2.24, 2.45) is 0 Å². The number of hydrogen-bond donors (Lipinski definition) is 2. The van der Waals surface area contributed by atoms with E-state index in [4.69, 9.17) is 11.6 Å². The zero-order valence-electron chi connectivity index (χ0n) is 16.6. The number of amides is 1. The van der Waals surface area contributed by atoms with Gasteiger partial charge in [0.25, 0.3) is 5.91 Å². The number of nitrogens with one attached hydrogen (secondary N) is 1. The highest BCUT2D eigenvalue weighted by molar-refractivity contribution is 7.09. The van der Waals surface area contributed by atoms with Gasteiger partial charge in [-0.3, -0.25) is 4.79 Å². The average Bonchev–Trinajstić information content (AvgIpc) is 3.18. The molecule has 1 aromatic heterocycles. The number of hydrogen-bond acceptors (Lipinski definition) is 4. The molecule has 0 aliphatic heterocycles. The van der Waals surface area contributed by atoms with Gasteiger partial charge in [-0.15, -0.1) is 11.3 Å². The van der Waals surface area contributed by atoms with E-state index in [1.807, 2.05) is 0 Å². The van der Waals surface area contributed by atoms with Crippen LogP contribution < -0.4 is 5.32 Å². The normalized spacial score (nSPS) is 12.0. The summed E-state index contributed by atoms with van der Waals surface area (Å²) < 4.78 is 64.4. The first-order valence-corrected chi connectivity index (χ1v) is 10.4. The fourth-order valence-electron chi connectivity index (χ4n) is 2.95. The lowest BCUT2D eigenvalue weighted by Crippen LogP contribution is -2.34. The van der Waals surface area contributed by atoms with E-state index in [9.17, 15) is 36.6 Å². The third-order valence-electron chi connectivity index (χ3n) is 4.59. The zero-order chi connectivity index (χ0) is 24.6. The number of aromatic carboxylic acids is 1. The molecular weight excluding hydrogens is 491 g/mol. The minimum Gasteiger partial charge on any atom is -0.478 e. The summed E-state index contributed by atoms with van der Waals surface area (Å²) in [5.74, 6) is -7.11. The van der Waals surface area contributed by atoms with Crippen molar-refractivity contribution in [3.05, 3.63) is 79.8 Å². The van der Waals surface area contributed by atoms with Gasteiger partial charge in [0.15, 0.2) is 0 Å². The summed E-state index contributed by atoms with van der Waals surface area (Å²) in [5.41, 5.74) is -0.401.